The molecule has 16 heavy (non-hydrogen) atoms. The highest BCUT2D eigenvalue weighted by Gasteiger charge is 2.49. The molecule has 2 rings (SSSR count). The molecule has 0 heterocycles. The van der Waals surface area contributed by atoms with Crippen LogP contribution < -0.4 is 0 Å². The van der Waals surface area contributed by atoms with Gasteiger partial charge in [0.2, 0.25) is 6.04 Å². The summed E-state index contributed by atoms with van der Waals surface area (Å²) in [6.45, 7) is 0. The van der Waals surface area contributed by atoms with Crippen molar-refractivity contribution < 1.29 is 14.8 Å². The zero-order valence-electron chi connectivity index (χ0n) is 8.33. The minimum absolute atomic E-state index is 0.105. The van der Waals surface area contributed by atoms with Crippen LogP contribution in [-0.2, 0) is 4.79 Å². The van der Waals surface area contributed by atoms with Gasteiger partial charge in [-0.2, -0.15) is 0 Å². The summed E-state index contributed by atoms with van der Waals surface area (Å²) in [5, 5.41) is 22.7. The molecular weight excluding hydrogens is 216 g/mol. The van der Waals surface area contributed by atoms with Crippen molar-refractivity contribution in [1.29, 1.82) is 0 Å². The first-order chi connectivity index (χ1) is 7.56. The lowest BCUT2D eigenvalue weighted by Crippen LogP contribution is -2.33. The zero-order chi connectivity index (χ0) is 11.9. The fourth-order valence-electron chi connectivity index (χ4n) is 2.53. The van der Waals surface area contributed by atoms with E-state index in [1.54, 1.807) is 0 Å². The Hall–Kier alpha value is -1.79. The summed E-state index contributed by atoms with van der Waals surface area (Å²) < 4.78 is 0. The van der Waals surface area contributed by atoms with E-state index in [9.17, 15) is 24.9 Å². The van der Waals surface area contributed by atoms with Gasteiger partial charge in [0.15, 0.2) is 11.5 Å². The minimum atomic E-state index is -0.748. The number of fused-ring (bicyclic) bond motifs is 1. The lowest BCUT2D eigenvalue weighted by molar-refractivity contribution is -0.528. The van der Waals surface area contributed by atoms with Gasteiger partial charge in [0.1, 0.15) is 5.76 Å². The molecule has 0 aliphatic heterocycles. The maximum atomic E-state index is 11.6. The van der Waals surface area contributed by atoms with Gasteiger partial charge in [0, 0.05) is 29.6 Å². The standard InChI is InChI=1S/C9H10N2O5/c12-8-5-2-1-4(11(15)16)3-6(5)9(13)7(8)10-14/h4-6,13H,1-3H2. The van der Waals surface area contributed by atoms with E-state index in [0.717, 1.165) is 0 Å². The third kappa shape index (κ3) is 1.39. The van der Waals surface area contributed by atoms with E-state index in [1.807, 2.05) is 0 Å². The van der Waals surface area contributed by atoms with Crippen molar-refractivity contribution in [1.82, 2.24) is 0 Å². The lowest BCUT2D eigenvalue weighted by Gasteiger charge is -2.25. The van der Waals surface area contributed by atoms with Crippen molar-refractivity contribution in [2.24, 2.45) is 17.0 Å². The molecule has 2 aliphatic carbocycles. The number of carbonyl (C=O) groups is 1. The van der Waals surface area contributed by atoms with E-state index < -0.39 is 34.3 Å². The van der Waals surface area contributed by atoms with Crippen LogP contribution >= 0.6 is 0 Å². The van der Waals surface area contributed by atoms with E-state index in [1.165, 1.54) is 0 Å². The number of nitrogens with zero attached hydrogens (tertiary/aromatic N) is 2. The van der Waals surface area contributed by atoms with Gasteiger partial charge >= 0.3 is 0 Å². The SMILES string of the molecule is O=NC1=C(O)C2CC([N+](=O)[O-])CCC2C1=O. The van der Waals surface area contributed by atoms with Crippen molar-refractivity contribution >= 4 is 5.78 Å². The largest absolute Gasteiger partial charge is 0.509 e. The van der Waals surface area contributed by atoms with Gasteiger partial charge in [0.25, 0.3) is 0 Å². The van der Waals surface area contributed by atoms with Gasteiger partial charge < -0.3 is 5.11 Å². The summed E-state index contributed by atoms with van der Waals surface area (Å²) in [6.07, 6.45) is 0.742. The molecule has 7 nitrogen and oxygen atoms in total. The summed E-state index contributed by atoms with van der Waals surface area (Å²) in [5.41, 5.74) is -0.445. The highest BCUT2D eigenvalue weighted by molar-refractivity contribution is 6.00. The van der Waals surface area contributed by atoms with Crippen LogP contribution in [-0.4, -0.2) is 21.9 Å². The number of nitro groups is 1. The van der Waals surface area contributed by atoms with Gasteiger partial charge in [-0.25, -0.2) is 0 Å². The van der Waals surface area contributed by atoms with E-state index >= 15 is 0 Å². The molecule has 0 aromatic carbocycles. The summed E-state index contributed by atoms with van der Waals surface area (Å²) in [5.74, 6) is -1.93. The topological polar surface area (TPSA) is 110 Å². The Morgan fingerprint density at radius 3 is 2.62 bits per heavy atom. The van der Waals surface area contributed by atoms with E-state index in [2.05, 4.69) is 5.18 Å². The average Bonchev–Trinajstić information content (AvgIpc) is 2.51. The second-order valence-electron chi connectivity index (χ2n) is 4.15. The summed E-state index contributed by atoms with van der Waals surface area (Å²) in [6, 6.07) is -0.748. The third-order valence-electron chi connectivity index (χ3n) is 3.38. The Kier molecular flexibility index (Phi) is 2.45. The Morgan fingerprint density at radius 1 is 1.38 bits per heavy atom. The number of aliphatic hydroxyl groups is 1. The summed E-state index contributed by atoms with van der Waals surface area (Å²) in [4.78, 5) is 32.2. The number of aliphatic hydroxyl groups excluding tert-OH is 1. The van der Waals surface area contributed by atoms with E-state index in [4.69, 9.17) is 0 Å². The molecule has 0 saturated heterocycles. The second-order valence-corrected chi connectivity index (χ2v) is 4.15. The Morgan fingerprint density at radius 2 is 2.06 bits per heavy atom. The van der Waals surface area contributed by atoms with Crippen molar-refractivity contribution in [2.45, 2.75) is 25.3 Å². The van der Waals surface area contributed by atoms with Crippen molar-refractivity contribution in [3.8, 4) is 0 Å². The molecule has 0 aromatic rings. The monoisotopic (exact) mass is 226 g/mol. The number of hydrogen-bond acceptors (Lipinski definition) is 6. The first kappa shape index (κ1) is 10.7. The number of ketones is 1. The first-order valence-corrected chi connectivity index (χ1v) is 5.00. The van der Waals surface area contributed by atoms with Crippen LogP contribution in [0.3, 0.4) is 0 Å². The van der Waals surface area contributed by atoms with Gasteiger partial charge in [-0.15, -0.1) is 4.91 Å². The number of carbonyl (C=O) groups excluding carboxylic acids is 1. The Labute approximate surface area is 90.3 Å². The molecule has 0 radical (unpaired) electrons. The average molecular weight is 226 g/mol. The molecule has 2 aliphatic rings. The van der Waals surface area contributed by atoms with Crippen LogP contribution in [0.4, 0.5) is 0 Å². The van der Waals surface area contributed by atoms with Crippen LogP contribution in [0.2, 0.25) is 0 Å². The molecule has 3 atom stereocenters. The van der Waals surface area contributed by atoms with E-state index in [0.29, 0.717) is 12.8 Å². The molecule has 1 fully saturated rings. The fraction of sp³-hybridized carbons (Fsp3) is 0.667. The molecule has 1 N–H and O–H groups in total. The van der Waals surface area contributed by atoms with Crippen LogP contribution in [0.15, 0.2) is 16.6 Å². The van der Waals surface area contributed by atoms with Crippen molar-refractivity contribution in [3.63, 3.8) is 0 Å². The van der Waals surface area contributed by atoms with Crippen molar-refractivity contribution in [3.05, 3.63) is 26.5 Å². The summed E-state index contributed by atoms with van der Waals surface area (Å²) >= 11 is 0. The molecule has 7 heteroatoms. The molecule has 0 amide bonds. The number of Topliss-reactive ketones (excluding diaryl/α,β-unsaturated/α-hetero) is 1. The smallest absolute Gasteiger partial charge is 0.213 e. The first-order valence-electron chi connectivity index (χ1n) is 5.00. The highest BCUT2D eigenvalue weighted by atomic mass is 16.6. The van der Waals surface area contributed by atoms with Crippen molar-refractivity contribution in [2.75, 3.05) is 0 Å². The molecular formula is C9H10N2O5. The quantitative estimate of drug-likeness (QED) is 0.431. The van der Waals surface area contributed by atoms with Gasteiger partial charge in [0.05, 0.1) is 0 Å². The number of rotatable bonds is 2. The number of hydrogen-bond donors (Lipinski definition) is 1. The molecule has 86 valence electrons. The Bertz CT molecular complexity index is 403. The maximum absolute atomic E-state index is 11.6. The molecule has 0 spiro atoms. The normalized spacial score (nSPS) is 33.8. The predicted molar refractivity (Wildman–Crippen MR) is 52.1 cm³/mol. The molecule has 3 unspecified atom stereocenters. The van der Waals surface area contributed by atoms with Gasteiger partial charge in [-0.1, -0.05) is 0 Å². The molecule has 1 saturated carbocycles. The highest BCUT2D eigenvalue weighted by Crippen LogP contribution is 2.43. The maximum Gasteiger partial charge on any atom is 0.213 e. The predicted octanol–water partition coefficient (Wildman–Crippen LogP) is 1.17. The lowest BCUT2D eigenvalue weighted by atomic mass is 9.78. The van der Waals surface area contributed by atoms with E-state index in [-0.39, 0.29) is 12.2 Å². The number of allylic oxidation sites excluding steroid dienone is 2. The van der Waals surface area contributed by atoms with Crippen LogP contribution in [0.1, 0.15) is 19.3 Å². The van der Waals surface area contributed by atoms with Crippen LogP contribution in [0, 0.1) is 26.9 Å². The Balaban J connectivity index is 2.26. The third-order valence-corrected chi connectivity index (χ3v) is 3.38. The zero-order valence-corrected chi connectivity index (χ0v) is 8.33. The fourth-order valence-corrected chi connectivity index (χ4v) is 2.53. The molecule has 0 bridgehead atoms. The summed E-state index contributed by atoms with van der Waals surface area (Å²) in [7, 11) is 0. The van der Waals surface area contributed by atoms with Crippen LogP contribution in [0.25, 0.3) is 0 Å². The van der Waals surface area contributed by atoms with Crippen LogP contribution in [0.5, 0.6) is 0 Å². The van der Waals surface area contributed by atoms with Gasteiger partial charge in [-0.3, -0.25) is 14.9 Å². The van der Waals surface area contributed by atoms with Gasteiger partial charge in [-0.05, 0) is 11.6 Å². The second kappa shape index (κ2) is 3.66. The minimum Gasteiger partial charge on any atom is -0.509 e. The number of nitroso groups, excluding NO2 is 1. The molecule has 0 aromatic heterocycles.